The van der Waals surface area contributed by atoms with E-state index in [-0.39, 0.29) is 5.91 Å². The molecule has 0 aromatic heterocycles. The summed E-state index contributed by atoms with van der Waals surface area (Å²) < 4.78 is 25.8. The number of halogens is 1. The number of anilines is 1. The van der Waals surface area contributed by atoms with E-state index in [2.05, 4.69) is 22.3 Å². The Bertz CT molecular complexity index is 973. The highest BCUT2D eigenvalue weighted by Crippen LogP contribution is 2.23. The number of carbonyl (C=O) groups excluding carboxylic acids is 1. The van der Waals surface area contributed by atoms with Gasteiger partial charge in [0.2, 0.25) is 15.9 Å². The molecule has 3 rings (SSSR count). The van der Waals surface area contributed by atoms with Crippen molar-refractivity contribution in [3.63, 3.8) is 0 Å². The summed E-state index contributed by atoms with van der Waals surface area (Å²) in [5, 5.41) is 3.37. The molecule has 1 heterocycles. The Morgan fingerprint density at radius 2 is 1.77 bits per heavy atom. The fourth-order valence-corrected chi connectivity index (χ4v) is 5.07. The lowest BCUT2D eigenvalue weighted by molar-refractivity contribution is -0.122. The molecule has 1 fully saturated rings. The first-order valence-electron chi connectivity index (χ1n) is 10.1. The van der Waals surface area contributed by atoms with Crippen molar-refractivity contribution in [2.24, 2.45) is 0 Å². The first-order chi connectivity index (χ1) is 14.2. The maximum Gasteiger partial charge on any atom is 0.243 e. The molecule has 2 aromatic rings. The van der Waals surface area contributed by atoms with Gasteiger partial charge in [0.05, 0.1) is 11.9 Å². The van der Waals surface area contributed by atoms with Crippen LogP contribution in [0.25, 0.3) is 0 Å². The molecular weight excluding hydrogens is 422 g/mol. The number of amides is 1. The third-order valence-corrected chi connectivity index (χ3v) is 6.73. The molecule has 0 unspecified atom stereocenters. The largest absolute Gasteiger partial charge is 0.350 e. The van der Waals surface area contributed by atoms with Gasteiger partial charge in [0.15, 0.2) is 0 Å². The maximum atomic E-state index is 12.8. The normalized spacial score (nSPS) is 15.7. The van der Waals surface area contributed by atoms with Crippen LogP contribution in [0.1, 0.15) is 30.9 Å². The van der Waals surface area contributed by atoms with Crippen LogP contribution in [0.15, 0.2) is 48.5 Å². The van der Waals surface area contributed by atoms with Crippen LogP contribution < -0.4 is 9.62 Å². The Hall–Kier alpha value is -2.09. The number of hydrogen-bond donors (Lipinski definition) is 1. The lowest BCUT2D eigenvalue weighted by Crippen LogP contribution is -2.47. The Labute approximate surface area is 183 Å². The summed E-state index contributed by atoms with van der Waals surface area (Å²) in [5.74, 6) is -0.361. The van der Waals surface area contributed by atoms with Crippen molar-refractivity contribution < 1.29 is 13.2 Å². The van der Waals surface area contributed by atoms with E-state index in [0.29, 0.717) is 17.3 Å². The molecule has 6 nitrogen and oxygen atoms in total. The monoisotopic (exact) mass is 449 g/mol. The molecule has 0 bridgehead atoms. The topological polar surface area (TPSA) is 69.7 Å². The first kappa shape index (κ1) is 22.6. The molecule has 162 valence electrons. The highest BCUT2D eigenvalue weighted by atomic mass is 35.5. The fourth-order valence-electron chi connectivity index (χ4n) is 3.77. The number of rotatable bonds is 8. The second-order valence-electron chi connectivity index (χ2n) is 7.73. The predicted molar refractivity (Wildman–Crippen MR) is 121 cm³/mol. The lowest BCUT2D eigenvalue weighted by atomic mass is 10.1. The summed E-state index contributed by atoms with van der Waals surface area (Å²) in [6, 6.07) is 13.6. The van der Waals surface area contributed by atoms with Gasteiger partial charge in [0.1, 0.15) is 6.04 Å². The zero-order valence-corrected chi connectivity index (χ0v) is 18.9. The van der Waals surface area contributed by atoms with E-state index in [4.69, 9.17) is 11.6 Å². The molecule has 30 heavy (non-hydrogen) atoms. The minimum absolute atomic E-state index is 0.342. The summed E-state index contributed by atoms with van der Waals surface area (Å²) in [6.45, 7) is 5.09. The molecule has 0 aliphatic carbocycles. The third-order valence-electron chi connectivity index (χ3n) is 5.23. The Morgan fingerprint density at radius 3 is 2.40 bits per heavy atom. The smallest absolute Gasteiger partial charge is 0.243 e. The number of sulfonamides is 1. The maximum absolute atomic E-state index is 12.8. The number of hydrogen-bond acceptors (Lipinski definition) is 4. The molecule has 0 spiro atoms. The standard InChI is InChI=1S/C22H28ClN3O3S/c1-17(26(30(2,28)29)21-10-8-20(23)9-11-21)22(27)24-15-18-6-5-7-19(14-18)16-25-12-3-4-13-25/h5-11,14,17H,3-4,12-13,15-16H2,1-2H3,(H,24,27)/t17-/m1/s1. The molecule has 1 aliphatic heterocycles. The minimum Gasteiger partial charge on any atom is -0.350 e. The zero-order chi connectivity index (χ0) is 21.7. The van der Waals surface area contributed by atoms with Gasteiger partial charge in [-0.1, -0.05) is 35.9 Å². The van der Waals surface area contributed by atoms with Gasteiger partial charge in [-0.2, -0.15) is 0 Å². The molecule has 2 aromatic carbocycles. The van der Waals surface area contributed by atoms with Gasteiger partial charge in [0, 0.05) is 18.1 Å². The second kappa shape index (κ2) is 9.81. The minimum atomic E-state index is -3.65. The third kappa shape index (κ3) is 5.97. The van der Waals surface area contributed by atoms with Gasteiger partial charge in [-0.3, -0.25) is 14.0 Å². The Balaban J connectivity index is 1.66. The summed E-state index contributed by atoms with van der Waals surface area (Å²) >= 11 is 5.91. The summed E-state index contributed by atoms with van der Waals surface area (Å²) in [6.07, 6.45) is 3.59. The van der Waals surface area contributed by atoms with E-state index in [1.54, 1.807) is 31.2 Å². The lowest BCUT2D eigenvalue weighted by Gasteiger charge is -2.28. The van der Waals surface area contributed by atoms with Crippen molar-refractivity contribution in [2.75, 3.05) is 23.7 Å². The van der Waals surface area contributed by atoms with E-state index >= 15 is 0 Å². The molecule has 0 saturated carbocycles. The van der Waals surface area contributed by atoms with Gasteiger partial charge in [-0.25, -0.2) is 8.42 Å². The fraction of sp³-hybridized carbons (Fsp3) is 0.409. The Kier molecular flexibility index (Phi) is 7.39. The van der Waals surface area contributed by atoms with Crippen molar-refractivity contribution in [3.05, 3.63) is 64.7 Å². The quantitative estimate of drug-likeness (QED) is 0.670. The molecular formula is C22H28ClN3O3S. The van der Waals surface area contributed by atoms with Gasteiger partial charge < -0.3 is 5.32 Å². The highest BCUT2D eigenvalue weighted by Gasteiger charge is 2.29. The van der Waals surface area contributed by atoms with Crippen molar-refractivity contribution in [2.45, 2.75) is 38.9 Å². The van der Waals surface area contributed by atoms with E-state index in [0.717, 1.165) is 35.8 Å². The van der Waals surface area contributed by atoms with Crippen LogP contribution in [-0.4, -0.2) is 44.6 Å². The van der Waals surface area contributed by atoms with Crippen LogP contribution >= 0.6 is 11.6 Å². The molecule has 0 radical (unpaired) electrons. The van der Waals surface area contributed by atoms with Crippen LogP contribution in [0.2, 0.25) is 5.02 Å². The van der Waals surface area contributed by atoms with E-state index in [1.165, 1.54) is 18.4 Å². The van der Waals surface area contributed by atoms with Gasteiger partial charge in [0.25, 0.3) is 0 Å². The summed E-state index contributed by atoms with van der Waals surface area (Å²) in [4.78, 5) is 15.2. The molecule has 1 atom stereocenters. The number of nitrogens with one attached hydrogen (secondary N) is 1. The van der Waals surface area contributed by atoms with Crippen LogP contribution in [0.3, 0.4) is 0 Å². The molecule has 1 N–H and O–H groups in total. The number of likely N-dealkylation sites (tertiary alicyclic amines) is 1. The van der Waals surface area contributed by atoms with Crippen molar-refractivity contribution >= 4 is 33.2 Å². The van der Waals surface area contributed by atoms with Crippen LogP contribution in [-0.2, 0) is 27.9 Å². The first-order valence-corrected chi connectivity index (χ1v) is 12.3. The van der Waals surface area contributed by atoms with Gasteiger partial charge in [-0.15, -0.1) is 0 Å². The van der Waals surface area contributed by atoms with E-state index < -0.39 is 16.1 Å². The van der Waals surface area contributed by atoms with Crippen LogP contribution in [0.5, 0.6) is 0 Å². The van der Waals surface area contributed by atoms with Crippen LogP contribution in [0.4, 0.5) is 5.69 Å². The van der Waals surface area contributed by atoms with Gasteiger partial charge >= 0.3 is 0 Å². The van der Waals surface area contributed by atoms with Crippen molar-refractivity contribution in [3.8, 4) is 0 Å². The summed E-state index contributed by atoms with van der Waals surface area (Å²) in [5.41, 5.74) is 2.61. The van der Waals surface area contributed by atoms with Crippen molar-refractivity contribution in [1.29, 1.82) is 0 Å². The number of carbonyl (C=O) groups is 1. The average Bonchev–Trinajstić information content (AvgIpc) is 3.20. The van der Waals surface area contributed by atoms with E-state index in [1.807, 2.05) is 12.1 Å². The van der Waals surface area contributed by atoms with Crippen LogP contribution in [0, 0.1) is 0 Å². The Morgan fingerprint density at radius 1 is 1.13 bits per heavy atom. The summed E-state index contributed by atoms with van der Waals surface area (Å²) in [7, 11) is -3.65. The van der Waals surface area contributed by atoms with E-state index in [9.17, 15) is 13.2 Å². The molecule has 1 aliphatic rings. The van der Waals surface area contributed by atoms with Gasteiger partial charge in [-0.05, 0) is 68.2 Å². The predicted octanol–water partition coefficient (Wildman–Crippen LogP) is 3.41. The average molecular weight is 450 g/mol. The highest BCUT2D eigenvalue weighted by molar-refractivity contribution is 7.92. The van der Waals surface area contributed by atoms with Crippen molar-refractivity contribution in [1.82, 2.24) is 10.2 Å². The number of nitrogens with zero attached hydrogens (tertiary/aromatic N) is 2. The second-order valence-corrected chi connectivity index (χ2v) is 10.0. The molecule has 1 amide bonds. The SMILES string of the molecule is C[C@H](C(=O)NCc1cccc(CN2CCCC2)c1)N(c1ccc(Cl)cc1)S(C)(=O)=O. The molecule has 8 heteroatoms. The zero-order valence-electron chi connectivity index (χ0n) is 17.3. The number of benzene rings is 2. The molecule has 1 saturated heterocycles.